The van der Waals surface area contributed by atoms with Gasteiger partial charge in [0.05, 0.1) is 19.3 Å². The number of ether oxygens (including phenoxy) is 2. The topological polar surface area (TPSA) is 81.7 Å². The van der Waals surface area contributed by atoms with E-state index in [1.165, 1.54) is 7.11 Å². The number of rotatable bonds is 6. The fourth-order valence-electron chi connectivity index (χ4n) is 2.40. The monoisotopic (exact) mass is 375 g/mol. The quantitative estimate of drug-likeness (QED) is 0.773. The molecule has 0 saturated heterocycles. The molecule has 1 aromatic heterocycles. The molecule has 1 N–H and O–H groups in total. The van der Waals surface area contributed by atoms with Gasteiger partial charge in [0.25, 0.3) is 5.91 Å². The zero-order chi connectivity index (χ0) is 19.3. The Kier molecular flexibility index (Phi) is 6.52. The first kappa shape index (κ1) is 19.7. The molecule has 1 aromatic carbocycles. The summed E-state index contributed by atoms with van der Waals surface area (Å²) in [7, 11) is 1.27. The van der Waals surface area contributed by atoms with Crippen molar-refractivity contribution < 1.29 is 23.9 Å². The highest BCUT2D eigenvalue weighted by Crippen LogP contribution is 2.34. The molecule has 0 bridgehead atoms. The summed E-state index contributed by atoms with van der Waals surface area (Å²) in [5.41, 5.74) is 1.92. The third-order valence-corrected chi connectivity index (χ3v) is 4.96. The van der Waals surface area contributed by atoms with Crippen LogP contribution in [0.5, 0.6) is 0 Å². The van der Waals surface area contributed by atoms with Gasteiger partial charge in [0.15, 0.2) is 0 Å². The Labute approximate surface area is 156 Å². The second-order valence-electron chi connectivity index (χ2n) is 5.66. The van der Waals surface area contributed by atoms with E-state index >= 15 is 0 Å². The number of carbonyl (C=O) groups is 3. The van der Waals surface area contributed by atoms with Crippen molar-refractivity contribution in [1.82, 2.24) is 0 Å². The maximum Gasteiger partial charge on any atom is 0.348 e. The van der Waals surface area contributed by atoms with E-state index in [1.807, 2.05) is 26.0 Å². The van der Waals surface area contributed by atoms with Crippen LogP contribution in [0.2, 0.25) is 0 Å². The molecule has 0 unspecified atom stereocenters. The van der Waals surface area contributed by atoms with Crippen molar-refractivity contribution in [1.29, 1.82) is 0 Å². The summed E-state index contributed by atoms with van der Waals surface area (Å²) in [6, 6.07) is 7.12. The molecule has 2 aromatic rings. The Morgan fingerprint density at radius 2 is 1.81 bits per heavy atom. The number of hydrogen-bond acceptors (Lipinski definition) is 6. The molecule has 1 heterocycles. The second kappa shape index (κ2) is 8.62. The molecule has 0 spiro atoms. The molecule has 0 atom stereocenters. The number of carbonyl (C=O) groups excluding carboxylic acids is 3. The Balaban J connectivity index is 2.42. The van der Waals surface area contributed by atoms with Crippen molar-refractivity contribution in [2.24, 2.45) is 0 Å². The maximum atomic E-state index is 12.6. The Morgan fingerprint density at radius 1 is 1.12 bits per heavy atom. The highest BCUT2D eigenvalue weighted by Gasteiger charge is 2.27. The van der Waals surface area contributed by atoms with Crippen molar-refractivity contribution in [2.75, 3.05) is 19.0 Å². The molecule has 0 aliphatic rings. The molecule has 0 saturated carbocycles. The normalized spacial score (nSPS) is 10.3. The predicted octanol–water partition coefficient (Wildman–Crippen LogP) is 3.97. The zero-order valence-corrected chi connectivity index (χ0v) is 16.0. The van der Waals surface area contributed by atoms with E-state index in [0.717, 1.165) is 16.9 Å². The highest BCUT2D eigenvalue weighted by atomic mass is 32.1. The van der Waals surface area contributed by atoms with Crippen LogP contribution in [0, 0.1) is 13.8 Å². The number of benzene rings is 1. The van der Waals surface area contributed by atoms with Gasteiger partial charge in [-0.05, 0) is 37.5 Å². The molecule has 0 aliphatic heterocycles. The van der Waals surface area contributed by atoms with E-state index in [2.05, 4.69) is 5.32 Å². The molecule has 0 radical (unpaired) electrons. The van der Waals surface area contributed by atoms with E-state index in [4.69, 9.17) is 9.47 Å². The molecular weight excluding hydrogens is 354 g/mol. The number of anilines is 1. The fraction of sp³-hybridized carbons (Fsp3) is 0.316. The van der Waals surface area contributed by atoms with Crippen LogP contribution in [0.3, 0.4) is 0 Å². The lowest BCUT2D eigenvalue weighted by molar-refractivity contribution is 0.0506. The van der Waals surface area contributed by atoms with Crippen molar-refractivity contribution >= 4 is 34.2 Å². The maximum absolute atomic E-state index is 12.6. The average molecular weight is 375 g/mol. The van der Waals surface area contributed by atoms with Gasteiger partial charge in [-0.15, -0.1) is 11.3 Å². The number of nitrogens with one attached hydrogen (secondary N) is 1. The Morgan fingerprint density at radius 3 is 2.42 bits per heavy atom. The number of aryl methyl sites for hydroxylation is 1. The number of amides is 1. The average Bonchev–Trinajstić information content (AvgIpc) is 2.95. The number of methoxy groups -OCH3 is 1. The van der Waals surface area contributed by atoms with Crippen LogP contribution in [0.25, 0.3) is 0 Å². The van der Waals surface area contributed by atoms with Crippen LogP contribution >= 0.6 is 11.3 Å². The lowest BCUT2D eigenvalue weighted by Crippen LogP contribution is -2.16. The summed E-state index contributed by atoms with van der Waals surface area (Å²) >= 11 is 1.00. The van der Waals surface area contributed by atoms with Crippen molar-refractivity contribution in [3.63, 3.8) is 0 Å². The van der Waals surface area contributed by atoms with Crippen LogP contribution in [0.15, 0.2) is 24.3 Å². The van der Waals surface area contributed by atoms with E-state index in [1.54, 1.807) is 19.1 Å². The molecule has 26 heavy (non-hydrogen) atoms. The van der Waals surface area contributed by atoms with E-state index in [0.29, 0.717) is 17.5 Å². The summed E-state index contributed by atoms with van der Waals surface area (Å²) < 4.78 is 9.96. The van der Waals surface area contributed by atoms with Crippen LogP contribution in [0.4, 0.5) is 5.00 Å². The van der Waals surface area contributed by atoms with Gasteiger partial charge in [-0.25, -0.2) is 9.59 Å². The van der Waals surface area contributed by atoms with Gasteiger partial charge in [0.2, 0.25) is 0 Å². The smallest absolute Gasteiger partial charge is 0.348 e. The summed E-state index contributed by atoms with van der Waals surface area (Å²) in [5.74, 6) is -1.49. The molecule has 138 valence electrons. The van der Waals surface area contributed by atoms with Crippen molar-refractivity contribution in [3.05, 3.63) is 51.4 Å². The van der Waals surface area contributed by atoms with Gasteiger partial charge in [0, 0.05) is 5.56 Å². The van der Waals surface area contributed by atoms with Gasteiger partial charge in [-0.2, -0.15) is 0 Å². The first-order valence-electron chi connectivity index (χ1n) is 8.16. The van der Waals surface area contributed by atoms with Crippen molar-refractivity contribution in [3.8, 4) is 0 Å². The van der Waals surface area contributed by atoms with Gasteiger partial charge < -0.3 is 14.8 Å². The first-order valence-corrected chi connectivity index (χ1v) is 8.98. The Bertz CT molecular complexity index is 840. The third-order valence-electron chi connectivity index (χ3n) is 3.78. The van der Waals surface area contributed by atoms with Crippen molar-refractivity contribution in [2.45, 2.75) is 27.2 Å². The standard InChI is InChI=1S/C19H21NO5S/c1-5-10-25-18(22)14-12(3)15(19(23)24-4)26-17(14)20-16(21)13-9-7-6-8-11(13)2/h6-9H,5,10H2,1-4H3,(H,20,21). The number of esters is 2. The highest BCUT2D eigenvalue weighted by molar-refractivity contribution is 7.18. The zero-order valence-electron chi connectivity index (χ0n) is 15.2. The summed E-state index contributed by atoms with van der Waals surface area (Å²) in [5, 5.41) is 3.01. The molecule has 0 fully saturated rings. The van der Waals surface area contributed by atoms with E-state index in [9.17, 15) is 14.4 Å². The fourth-order valence-corrected chi connectivity index (χ4v) is 3.51. The third kappa shape index (κ3) is 4.11. The molecule has 2 rings (SSSR count). The van der Waals surface area contributed by atoms with Gasteiger partial charge in [-0.3, -0.25) is 4.79 Å². The van der Waals surface area contributed by atoms with Gasteiger partial charge in [0.1, 0.15) is 9.88 Å². The summed E-state index contributed by atoms with van der Waals surface area (Å²) in [4.78, 5) is 37.3. The molecule has 6 nitrogen and oxygen atoms in total. The van der Waals surface area contributed by atoms with Crippen LogP contribution < -0.4 is 5.32 Å². The summed E-state index contributed by atoms with van der Waals surface area (Å²) in [6.45, 7) is 5.60. The van der Waals surface area contributed by atoms with Gasteiger partial charge in [-0.1, -0.05) is 25.1 Å². The van der Waals surface area contributed by atoms with Gasteiger partial charge >= 0.3 is 11.9 Å². The number of thiophene rings is 1. The minimum absolute atomic E-state index is 0.186. The van der Waals surface area contributed by atoms with Crippen LogP contribution in [0.1, 0.15) is 54.9 Å². The van der Waals surface area contributed by atoms with Crippen LogP contribution in [-0.4, -0.2) is 31.6 Å². The van der Waals surface area contributed by atoms with Crippen LogP contribution in [-0.2, 0) is 9.47 Å². The second-order valence-corrected chi connectivity index (χ2v) is 6.68. The lowest BCUT2D eigenvalue weighted by Gasteiger charge is -2.09. The number of hydrogen-bond donors (Lipinski definition) is 1. The minimum atomic E-state index is -0.573. The predicted molar refractivity (Wildman–Crippen MR) is 100 cm³/mol. The largest absolute Gasteiger partial charge is 0.465 e. The molecule has 0 aliphatic carbocycles. The molecular formula is C19H21NO5S. The lowest BCUT2D eigenvalue weighted by atomic mass is 10.1. The molecule has 1 amide bonds. The Hall–Kier alpha value is -2.67. The molecule has 7 heteroatoms. The SMILES string of the molecule is CCCOC(=O)c1c(NC(=O)c2ccccc2C)sc(C(=O)OC)c1C. The van der Waals surface area contributed by atoms with E-state index in [-0.39, 0.29) is 28.0 Å². The minimum Gasteiger partial charge on any atom is -0.465 e. The van der Waals surface area contributed by atoms with E-state index < -0.39 is 11.9 Å². The first-order chi connectivity index (χ1) is 12.4. The summed E-state index contributed by atoms with van der Waals surface area (Å²) in [6.07, 6.45) is 0.670.